The molecule has 5 nitrogen and oxygen atoms in total. The number of ether oxygens (including phenoxy) is 1. The first-order valence-corrected chi connectivity index (χ1v) is 9.98. The number of para-hydroxylation sites is 1. The molecule has 1 fully saturated rings. The van der Waals surface area contributed by atoms with Gasteiger partial charge in [0.15, 0.2) is 11.0 Å². The van der Waals surface area contributed by atoms with Crippen molar-refractivity contribution in [2.75, 3.05) is 12.4 Å². The molecule has 0 bridgehead atoms. The summed E-state index contributed by atoms with van der Waals surface area (Å²) in [5, 5.41) is 9.89. The predicted octanol–water partition coefficient (Wildman–Crippen LogP) is 4.30. The number of rotatable bonds is 5. The quantitative estimate of drug-likeness (QED) is 0.630. The molecule has 0 radical (unpaired) electrons. The van der Waals surface area contributed by atoms with Gasteiger partial charge in [-0.2, -0.15) is 0 Å². The molecule has 1 aromatic carbocycles. The Bertz CT molecular complexity index is 859. The van der Waals surface area contributed by atoms with Crippen LogP contribution in [0.15, 0.2) is 53.9 Å². The summed E-state index contributed by atoms with van der Waals surface area (Å²) in [6, 6.07) is 12.3. The van der Waals surface area contributed by atoms with Gasteiger partial charge in [-0.3, -0.25) is 9.55 Å². The van der Waals surface area contributed by atoms with Gasteiger partial charge in [-0.05, 0) is 49.9 Å². The van der Waals surface area contributed by atoms with Gasteiger partial charge in [-0.15, -0.1) is 10.2 Å². The highest BCUT2D eigenvalue weighted by molar-refractivity contribution is 7.99. The fourth-order valence-electron chi connectivity index (χ4n) is 3.19. The number of nitrogens with zero attached hydrogens (tertiary/aromatic N) is 4. The molecule has 0 amide bonds. The van der Waals surface area contributed by atoms with E-state index in [0.717, 1.165) is 41.0 Å². The number of aromatic nitrogens is 4. The van der Waals surface area contributed by atoms with Crippen LogP contribution in [0.25, 0.3) is 17.1 Å². The SMILES string of the molecule is Cc1ccccc1-n1c(SCC2CCCCO2)nnc1-c1ccncc1. The molecule has 1 saturated heterocycles. The molecule has 6 heteroatoms. The van der Waals surface area contributed by atoms with Crippen molar-refractivity contribution in [3.8, 4) is 17.1 Å². The van der Waals surface area contributed by atoms with Gasteiger partial charge in [-0.1, -0.05) is 30.0 Å². The van der Waals surface area contributed by atoms with E-state index in [1.54, 1.807) is 24.2 Å². The fourth-order valence-corrected chi connectivity index (χ4v) is 4.20. The van der Waals surface area contributed by atoms with Crippen molar-refractivity contribution in [2.45, 2.75) is 37.4 Å². The topological polar surface area (TPSA) is 52.8 Å². The van der Waals surface area contributed by atoms with E-state index >= 15 is 0 Å². The Hall–Kier alpha value is -2.18. The maximum Gasteiger partial charge on any atom is 0.196 e. The average molecular weight is 366 g/mol. The van der Waals surface area contributed by atoms with Crippen LogP contribution < -0.4 is 0 Å². The second kappa shape index (κ2) is 8.01. The highest BCUT2D eigenvalue weighted by Crippen LogP contribution is 2.30. The lowest BCUT2D eigenvalue weighted by molar-refractivity contribution is 0.0315. The third kappa shape index (κ3) is 3.66. The molecule has 134 valence electrons. The largest absolute Gasteiger partial charge is 0.377 e. The summed E-state index contributed by atoms with van der Waals surface area (Å²) in [5.74, 6) is 1.74. The zero-order valence-electron chi connectivity index (χ0n) is 14.8. The van der Waals surface area contributed by atoms with Crippen molar-refractivity contribution >= 4 is 11.8 Å². The van der Waals surface area contributed by atoms with Gasteiger partial charge in [0, 0.05) is 30.3 Å². The van der Waals surface area contributed by atoms with Gasteiger partial charge in [-0.25, -0.2) is 0 Å². The van der Waals surface area contributed by atoms with E-state index in [-0.39, 0.29) is 0 Å². The van der Waals surface area contributed by atoms with Crippen LogP contribution >= 0.6 is 11.8 Å². The lowest BCUT2D eigenvalue weighted by Gasteiger charge is -2.22. The molecule has 1 atom stereocenters. The maximum atomic E-state index is 5.87. The van der Waals surface area contributed by atoms with Crippen molar-refractivity contribution in [1.82, 2.24) is 19.7 Å². The summed E-state index contributed by atoms with van der Waals surface area (Å²) in [6.45, 7) is 2.99. The van der Waals surface area contributed by atoms with E-state index in [0.29, 0.717) is 6.10 Å². The normalized spacial score (nSPS) is 17.3. The van der Waals surface area contributed by atoms with E-state index in [1.807, 2.05) is 12.1 Å². The first-order chi connectivity index (χ1) is 12.8. The van der Waals surface area contributed by atoms with Gasteiger partial charge < -0.3 is 4.74 Å². The van der Waals surface area contributed by atoms with Crippen LogP contribution in [0.5, 0.6) is 0 Å². The number of aryl methyl sites for hydroxylation is 1. The van der Waals surface area contributed by atoms with E-state index in [1.165, 1.54) is 18.4 Å². The Balaban J connectivity index is 1.70. The zero-order chi connectivity index (χ0) is 17.8. The second-order valence-electron chi connectivity index (χ2n) is 6.46. The minimum absolute atomic E-state index is 0.306. The molecule has 3 heterocycles. The summed E-state index contributed by atoms with van der Waals surface area (Å²) in [5.41, 5.74) is 3.31. The van der Waals surface area contributed by atoms with Gasteiger partial charge in [0.05, 0.1) is 11.8 Å². The van der Waals surface area contributed by atoms with E-state index in [9.17, 15) is 0 Å². The van der Waals surface area contributed by atoms with Crippen LogP contribution in [0.1, 0.15) is 24.8 Å². The highest BCUT2D eigenvalue weighted by atomic mass is 32.2. The standard InChI is InChI=1S/C20H22N4OS/c1-15-6-2-3-8-18(15)24-19(16-9-11-21-12-10-16)22-23-20(24)26-14-17-7-4-5-13-25-17/h2-3,6,8-12,17H,4-5,7,13-14H2,1H3. The molecule has 1 unspecified atom stereocenters. The van der Waals surface area contributed by atoms with E-state index < -0.39 is 0 Å². The van der Waals surface area contributed by atoms with Crippen LogP contribution in [0.2, 0.25) is 0 Å². The van der Waals surface area contributed by atoms with Crippen LogP contribution in [-0.4, -0.2) is 38.2 Å². The number of hydrogen-bond acceptors (Lipinski definition) is 5. The average Bonchev–Trinajstić information content (AvgIpc) is 3.12. The van der Waals surface area contributed by atoms with Crippen LogP contribution in [-0.2, 0) is 4.74 Å². The third-order valence-electron chi connectivity index (χ3n) is 4.60. The first kappa shape index (κ1) is 17.2. The summed E-state index contributed by atoms with van der Waals surface area (Å²) in [4.78, 5) is 4.12. The lowest BCUT2D eigenvalue weighted by atomic mass is 10.1. The number of thioether (sulfide) groups is 1. The number of pyridine rings is 1. The highest BCUT2D eigenvalue weighted by Gasteiger charge is 2.20. The van der Waals surface area contributed by atoms with E-state index in [2.05, 4.69) is 50.9 Å². The Morgan fingerprint density at radius 1 is 1.12 bits per heavy atom. The molecule has 1 aliphatic rings. The molecule has 26 heavy (non-hydrogen) atoms. The molecule has 4 rings (SSSR count). The third-order valence-corrected chi connectivity index (χ3v) is 5.66. The Kier molecular flexibility index (Phi) is 5.32. The van der Waals surface area contributed by atoms with Crippen LogP contribution in [0.3, 0.4) is 0 Å². The van der Waals surface area contributed by atoms with Gasteiger partial charge in [0.25, 0.3) is 0 Å². The van der Waals surface area contributed by atoms with Crippen molar-refractivity contribution in [3.05, 3.63) is 54.4 Å². The predicted molar refractivity (Wildman–Crippen MR) is 104 cm³/mol. The lowest BCUT2D eigenvalue weighted by Crippen LogP contribution is -2.21. The molecule has 3 aromatic rings. The molecule has 0 saturated carbocycles. The fraction of sp³-hybridized carbons (Fsp3) is 0.350. The van der Waals surface area contributed by atoms with Crippen molar-refractivity contribution in [3.63, 3.8) is 0 Å². The van der Waals surface area contributed by atoms with Gasteiger partial charge in [0.2, 0.25) is 0 Å². The Morgan fingerprint density at radius 2 is 1.96 bits per heavy atom. The van der Waals surface area contributed by atoms with Crippen molar-refractivity contribution in [1.29, 1.82) is 0 Å². The zero-order valence-corrected chi connectivity index (χ0v) is 15.7. The summed E-state index contributed by atoms with van der Waals surface area (Å²) in [7, 11) is 0. The molecule has 2 aromatic heterocycles. The minimum Gasteiger partial charge on any atom is -0.377 e. The second-order valence-corrected chi connectivity index (χ2v) is 7.45. The maximum absolute atomic E-state index is 5.87. The van der Waals surface area contributed by atoms with Crippen LogP contribution in [0, 0.1) is 6.92 Å². The van der Waals surface area contributed by atoms with E-state index in [4.69, 9.17) is 4.74 Å². The van der Waals surface area contributed by atoms with Crippen molar-refractivity contribution in [2.24, 2.45) is 0 Å². The molecule has 1 aliphatic heterocycles. The van der Waals surface area contributed by atoms with Crippen molar-refractivity contribution < 1.29 is 4.74 Å². The molecule has 0 aliphatic carbocycles. The number of hydrogen-bond donors (Lipinski definition) is 0. The molecule has 0 N–H and O–H groups in total. The van der Waals surface area contributed by atoms with Crippen LogP contribution in [0.4, 0.5) is 0 Å². The monoisotopic (exact) mass is 366 g/mol. The number of benzene rings is 1. The minimum atomic E-state index is 0.306. The molecule has 0 spiro atoms. The molecular weight excluding hydrogens is 344 g/mol. The van der Waals surface area contributed by atoms with Gasteiger partial charge in [0.1, 0.15) is 0 Å². The Morgan fingerprint density at radius 3 is 2.73 bits per heavy atom. The van der Waals surface area contributed by atoms with Gasteiger partial charge >= 0.3 is 0 Å². The summed E-state index contributed by atoms with van der Waals surface area (Å²) < 4.78 is 8.02. The summed E-state index contributed by atoms with van der Waals surface area (Å²) in [6.07, 6.45) is 7.43. The molecular formula is C20H22N4OS. The Labute approximate surface area is 157 Å². The first-order valence-electron chi connectivity index (χ1n) is 8.99. The summed E-state index contributed by atoms with van der Waals surface area (Å²) >= 11 is 1.72. The smallest absolute Gasteiger partial charge is 0.196 e.